The quantitative estimate of drug-likeness (QED) is 0.589. The van der Waals surface area contributed by atoms with Crippen LogP contribution in [0.25, 0.3) is 0 Å². The molecule has 0 radical (unpaired) electrons. The van der Waals surface area contributed by atoms with E-state index in [4.69, 9.17) is 9.47 Å². The second kappa shape index (κ2) is 9.72. The molecule has 0 aliphatic carbocycles. The zero-order valence-electron chi connectivity index (χ0n) is 13.9. The largest absolute Gasteiger partial charge is 0.383 e. The Bertz CT molecular complexity index is 241. The molecule has 1 N–H and O–H groups in total. The molecule has 1 atom stereocenters. The van der Waals surface area contributed by atoms with Crippen molar-refractivity contribution in [3.8, 4) is 0 Å². The number of hydrogen-bond donors (Lipinski definition) is 1. The van der Waals surface area contributed by atoms with Gasteiger partial charge in [0.2, 0.25) is 0 Å². The monoisotopic (exact) mass is 286 g/mol. The van der Waals surface area contributed by atoms with E-state index in [-0.39, 0.29) is 5.41 Å². The van der Waals surface area contributed by atoms with Crippen molar-refractivity contribution in [1.29, 1.82) is 0 Å². The zero-order chi connectivity index (χ0) is 14.8. The number of nitrogens with one attached hydrogen (secondary N) is 1. The van der Waals surface area contributed by atoms with Gasteiger partial charge in [-0.1, -0.05) is 20.8 Å². The Hall–Kier alpha value is -0.160. The fourth-order valence-corrected chi connectivity index (χ4v) is 2.95. The normalized spacial score (nSPS) is 23.1. The SMILES string of the molecule is CCCNCC1(CN(CCOC)CC(C)C)CCOC1. The van der Waals surface area contributed by atoms with E-state index in [1.165, 1.54) is 12.8 Å². The molecule has 0 aromatic heterocycles. The van der Waals surface area contributed by atoms with Crippen LogP contribution < -0.4 is 5.32 Å². The maximum Gasteiger partial charge on any atom is 0.0589 e. The average molecular weight is 286 g/mol. The average Bonchev–Trinajstić information content (AvgIpc) is 2.84. The molecule has 0 bridgehead atoms. The van der Waals surface area contributed by atoms with Crippen LogP contribution in [0.2, 0.25) is 0 Å². The van der Waals surface area contributed by atoms with Crippen molar-refractivity contribution >= 4 is 0 Å². The maximum atomic E-state index is 5.70. The number of nitrogens with zero attached hydrogens (tertiary/aromatic N) is 1. The van der Waals surface area contributed by atoms with Crippen LogP contribution >= 0.6 is 0 Å². The standard InChI is InChI=1S/C16H34N2O2/c1-5-7-17-12-16(6-9-20-14-16)13-18(8-10-19-4)11-15(2)3/h15,17H,5-14H2,1-4H3. The van der Waals surface area contributed by atoms with Gasteiger partial charge >= 0.3 is 0 Å². The lowest BCUT2D eigenvalue weighted by Gasteiger charge is -2.35. The molecule has 0 aromatic rings. The molecule has 1 saturated heterocycles. The van der Waals surface area contributed by atoms with E-state index in [0.717, 1.165) is 52.5 Å². The van der Waals surface area contributed by atoms with Gasteiger partial charge in [-0.05, 0) is 25.3 Å². The summed E-state index contributed by atoms with van der Waals surface area (Å²) in [4.78, 5) is 2.55. The Morgan fingerprint density at radius 2 is 2.20 bits per heavy atom. The molecule has 0 aromatic carbocycles. The second-order valence-corrected chi connectivity index (χ2v) is 6.60. The Morgan fingerprint density at radius 3 is 2.75 bits per heavy atom. The van der Waals surface area contributed by atoms with E-state index < -0.39 is 0 Å². The lowest BCUT2D eigenvalue weighted by atomic mass is 9.86. The minimum Gasteiger partial charge on any atom is -0.383 e. The summed E-state index contributed by atoms with van der Waals surface area (Å²) >= 11 is 0. The van der Waals surface area contributed by atoms with E-state index in [2.05, 4.69) is 31.0 Å². The summed E-state index contributed by atoms with van der Waals surface area (Å²) in [6, 6.07) is 0. The smallest absolute Gasteiger partial charge is 0.0589 e. The second-order valence-electron chi connectivity index (χ2n) is 6.60. The van der Waals surface area contributed by atoms with Gasteiger partial charge in [-0.2, -0.15) is 0 Å². The highest BCUT2D eigenvalue weighted by molar-refractivity contribution is 4.88. The summed E-state index contributed by atoms with van der Waals surface area (Å²) in [5, 5.41) is 3.59. The van der Waals surface area contributed by atoms with Gasteiger partial charge in [0, 0.05) is 45.3 Å². The Morgan fingerprint density at radius 1 is 1.40 bits per heavy atom. The lowest BCUT2D eigenvalue weighted by molar-refractivity contribution is 0.0808. The highest BCUT2D eigenvalue weighted by atomic mass is 16.5. The van der Waals surface area contributed by atoms with Crippen LogP contribution in [0, 0.1) is 11.3 Å². The van der Waals surface area contributed by atoms with Crippen LogP contribution in [-0.4, -0.2) is 64.6 Å². The highest BCUT2D eigenvalue weighted by Gasteiger charge is 2.36. The van der Waals surface area contributed by atoms with Gasteiger partial charge in [0.25, 0.3) is 0 Å². The number of hydrogen-bond acceptors (Lipinski definition) is 4. The Labute approximate surface area is 125 Å². The number of rotatable bonds is 11. The van der Waals surface area contributed by atoms with Gasteiger partial charge in [0.15, 0.2) is 0 Å². The fourth-order valence-electron chi connectivity index (χ4n) is 2.95. The van der Waals surface area contributed by atoms with Crippen molar-refractivity contribution in [1.82, 2.24) is 10.2 Å². The van der Waals surface area contributed by atoms with Crippen molar-refractivity contribution in [2.24, 2.45) is 11.3 Å². The molecule has 1 unspecified atom stereocenters. The fraction of sp³-hybridized carbons (Fsp3) is 1.00. The predicted molar refractivity (Wildman–Crippen MR) is 84.2 cm³/mol. The zero-order valence-corrected chi connectivity index (χ0v) is 13.9. The first-order chi connectivity index (χ1) is 9.62. The molecule has 1 rings (SSSR count). The van der Waals surface area contributed by atoms with Gasteiger partial charge in [0.05, 0.1) is 13.2 Å². The lowest BCUT2D eigenvalue weighted by Crippen LogP contribution is -2.46. The number of methoxy groups -OCH3 is 1. The molecule has 0 saturated carbocycles. The molecule has 0 amide bonds. The summed E-state index contributed by atoms with van der Waals surface area (Å²) in [6.07, 6.45) is 2.36. The molecule has 4 heteroatoms. The Balaban J connectivity index is 2.54. The molecule has 4 nitrogen and oxygen atoms in total. The van der Waals surface area contributed by atoms with Crippen LogP contribution in [0.4, 0.5) is 0 Å². The maximum absolute atomic E-state index is 5.70. The molecule has 0 spiro atoms. The molecule has 1 aliphatic rings. The summed E-state index contributed by atoms with van der Waals surface area (Å²) in [5.74, 6) is 0.690. The predicted octanol–water partition coefficient (Wildman–Crippen LogP) is 2.00. The van der Waals surface area contributed by atoms with Crippen LogP contribution in [0.3, 0.4) is 0 Å². The first-order valence-electron chi connectivity index (χ1n) is 8.11. The van der Waals surface area contributed by atoms with Crippen molar-refractivity contribution in [3.05, 3.63) is 0 Å². The van der Waals surface area contributed by atoms with Crippen LogP contribution in [-0.2, 0) is 9.47 Å². The number of ether oxygens (including phenoxy) is 2. The first kappa shape index (κ1) is 17.9. The van der Waals surface area contributed by atoms with E-state index in [1.54, 1.807) is 7.11 Å². The summed E-state index contributed by atoms with van der Waals surface area (Å²) in [5.41, 5.74) is 0.289. The first-order valence-corrected chi connectivity index (χ1v) is 8.11. The Kier molecular flexibility index (Phi) is 8.69. The van der Waals surface area contributed by atoms with E-state index >= 15 is 0 Å². The van der Waals surface area contributed by atoms with Crippen molar-refractivity contribution in [2.75, 3.05) is 59.7 Å². The minimum absolute atomic E-state index is 0.289. The third-order valence-electron chi connectivity index (χ3n) is 3.91. The molecule has 1 aliphatic heterocycles. The van der Waals surface area contributed by atoms with Gasteiger partial charge in [-0.15, -0.1) is 0 Å². The van der Waals surface area contributed by atoms with E-state index in [1.807, 2.05) is 0 Å². The highest BCUT2D eigenvalue weighted by Crippen LogP contribution is 2.29. The topological polar surface area (TPSA) is 33.7 Å². The molecule has 20 heavy (non-hydrogen) atoms. The van der Waals surface area contributed by atoms with Gasteiger partial charge in [0.1, 0.15) is 0 Å². The molecule has 1 fully saturated rings. The third-order valence-corrected chi connectivity index (χ3v) is 3.91. The van der Waals surface area contributed by atoms with Crippen LogP contribution in [0.15, 0.2) is 0 Å². The van der Waals surface area contributed by atoms with Gasteiger partial charge in [-0.25, -0.2) is 0 Å². The van der Waals surface area contributed by atoms with Gasteiger partial charge in [-0.3, -0.25) is 0 Å². The van der Waals surface area contributed by atoms with Gasteiger partial charge < -0.3 is 19.7 Å². The summed E-state index contributed by atoms with van der Waals surface area (Å²) in [7, 11) is 1.78. The van der Waals surface area contributed by atoms with Crippen LogP contribution in [0.1, 0.15) is 33.6 Å². The van der Waals surface area contributed by atoms with Crippen molar-refractivity contribution in [2.45, 2.75) is 33.6 Å². The molecule has 1 heterocycles. The third kappa shape index (κ3) is 6.53. The van der Waals surface area contributed by atoms with E-state index in [0.29, 0.717) is 5.92 Å². The molecule has 120 valence electrons. The van der Waals surface area contributed by atoms with Crippen molar-refractivity contribution in [3.63, 3.8) is 0 Å². The molecular weight excluding hydrogens is 252 g/mol. The summed E-state index contributed by atoms with van der Waals surface area (Å²) < 4.78 is 11.0. The molecular formula is C16H34N2O2. The van der Waals surface area contributed by atoms with E-state index in [9.17, 15) is 0 Å². The van der Waals surface area contributed by atoms with Crippen LogP contribution in [0.5, 0.6) is 0 Å². The minimum atomic E-state index is 0.289. The summed E-state index contributed by atoms with van der Waals surface area (Å²) in [6.45, 7) is 14.8. The van der Waals surface area contributed by atoms with Crippen molar-refractivity contribution < 1.29 is 9.47 Å².